The lowest BCUT2D eigenvalue weighted by Gasteiger charge is -2.23. The van der Waals surface area contributed by atoms with Gasteiger partial charge in [-0.3, -0.25) is 0 Å². The summed E-state index contributed by atoms with van der Waals surface area (Å²) in [5, 5.41) is 1.34. The van der Waals surface area contributed by atoms with Gasteiger partial charge in [-0.1, -0.05) is 30.3 Å². The maximum Gasteiger partial charge on any atom is 0.123 e. The molecule has 3 aromatic rings. The van der Waals surface area contributed by atoms with Crippen LogP contribution in [0.4, 0.5) is 4.39 Å². The maximum absolute atomic E-state index is 13.2. The third kappa shape index (κ3) is 2.55. The summed E-state index contributed by atoms with van der Waals surface area (Å²) < 4.78 is 15.5. The molecule has 0 bridgehead atoms. The molecule has 24 heavy (non-hydrogen) atoms. The highest BCUT2D eigenvalue weighted by Gasteiger charge is 2.21. The standard InChI is InChI=1S/C21H21FN2/c1-15(16-7-9-17(22)10-8-16)13-24-20-6-4-3-5-18(20)19-14-23(2)12-11-21(19)24/h3-10,13H,11-12,14H2,1-2H3/b15-13+. The van der Waals surface area contributed by atoms with E-state index < -0.39 is 0 Å². The van der Waals surface area contributed by atoms with Crippen LogP contribution in [0.2, 0.25) is 0 Å². The minimum absolute atomic E-state index is 0.196. The lowest BCUT2D eigenvalue weighted by molar-refractivity contribution is 0.312. The lowest BCUT2D eigenvalue weighted by atomic mass is 10.1. The van der Waals surface area contributed by atoms with Gasteiger partial charge in [-0.25, -0.2) is 4.39 Å². The molecule has 4 rings (SSSR count). The van der Waals surface area contributed by atoms with E-state index in [4.69, 9.17) is 0 Å². The number of nitrogens with zero attached hydrogens (tertiary/aromatic N) is 2. The molecule has 0 radical (unpaired) electrons. The number of fused-ring (bicyclic) bond motifs is 3. The van der Waals surface area contributed by atoms with Crippen LogP contribution in [0, 0.1) is 5.82 Å². The summed E-state index contributed by atoms with van der Waals surface area (Å²) >= 11 is 0. The Balaban J connectivity index is 1.87. The molecule has 3 heteroatoms. The average Bonchev–Trinajstić information content (AvgIpc) is 2.89. The predicted octanol–water partition coefficient (Wildman–Crippen LogP) is 4.79. The van der Waals surface area contributed by atoms with Gasteiger partial charge >= 0.3 is 0 Å². The van der Waals surface area contributed by atoms with Crippen molar-refractivity contribution >= 4 is 22.7 Å². The van der Waals surface area contributed by atoms with E-state index in [-0.39, 0.29) is 5.82 Å². The Kier molecular flexibility index (Phi) is 3.73. The first-order valence-corrected chi connectivity index (χ1v) is 8.37. The van der Waals surface area contributed by atoms with Crippen molar-refractivity contribution in [1.82, 2.24) is 9.47 Å². The highest BCUT2D eigenvalue weighted by atomic mass is 19.1. The summed E-state index contributed by atoms with van der Waals surface area (Å²) in [7, 11) is 2.18. The molecule has 2 aromatic carbocycles. The number of hydrogen-bond donors (Lipinski definition) is 0. The minimum Gasteiger partial charge on any atom is -0.320 e. The summed E-state index contributed by atoms with van der Waals surface area (Å²) in [6.07, 6.45) is 3.24. The third-order valence-corrected chi connectivity index (χ3v) is 4.91. The first-order valence-electron chi connectivity index (χ1n) is 8.37. The number of likely N-dealkylation sites (N-methyl/N-ethyl adjacent to an activating group) is 1. The number of hydrogen-bond acceptors (Lipinski definition) is 1. The molecule has 122 valence electrons. The van der Waals surface area contributed by atoms with Crippen LogP contribution >= 0.6 is 0 Å². The van der Waals surface area contributed by atoms with Crippen LogP contribution in [0.3, 0.4) is 0 Å². The Morgan fingerprint density at radius 2 is 1.83 bits per heavy atom. The maximum atomic E-state index is 13.2. The second kappa shape index (κ2) is 5.91. The Bertz CT molecular complexity index is 919. The molecule has 2 heterocycles. The van der Waals surface area contributed by atoms with Crippen LogP contribution in [0.15, 0.2) is 48.5 Å². The number of rotatable bonds is 2. The zero-order valence-corrected chi connectivity index (χ0v) is 14.1. The van der Waals surface area contributed by atoms with Crippen LogP contribution in [-0.4, -0.2) is 23.1 Å². The summed E-state index contributed by atoms with van der Waals surface area (Å²) in [5.74, 6) is -0.196. The van der Waals surface area contributed by atoms with Gasteiger partial charge in [-0.05, 0) is 48.9 Å². The Labute approximate surface area is 141 Å². The number of halogens is 1. The van der Waals surface area contributed by atoms with Crippen molar-refractivity contribution in [2.75, 3.05) is 13.6 Å². The second-order valence-electron chi connectivity index (χ2n) is 6.62. The van der Waals surface area contributed by atoms with Gasteiger partial charge in [-0.2, -0.15) is 0 Å². The lowest BCUT2D eigenvalue weighted by Crippen LogP contribution is -2.26. The fourth-order valence-electron chi connectivity index (χ4n) is 3.61. The topological polar surface area (TPSA) is 8.17 Å². The Morgan fingerprint density at radius 3 is 2.62 bits per heavy atom. The molecule has 0 atom stereocenters. The fourth-order valence-corrected chi connectivity index (χ4v) is 3.61. The second-order valence-corrected chi connectivity index (χ2v) is 6.62. The summed E-state index contributed by atoms with van der Waals surface area (Å²) in [6, 6.07) is 15.3. The number of aromatic nitrogens is 1. The quantitative estimate of drug-likeness (QED) is 0.659. The van der Waals surface area contributed by atoms with Gasteiger partial charge in [0.1, 0.15) is 5.82 Å². The van der Waals surface area contributed by atoms with E-state index in [0.29, 0.717) is 0 Å². The van der Waals surface area contributed by atoms with E-state index in [1.54, 1.807) is 0 Å². The zero-order valence-electron chi connectivity index (χ0n) is 14.1. The highest BCUT2D eigenvalue weighted by Crippen LogP contribution is 2.31. The Hall–Kier alpha value is -2.39. The van der Waals surface area contributed by atoms with Gasteiger partial charge in [0.25, 0.3) is 0 Å². The molecule has 2 nitrogen and oxygen atoms in total. The van der Waals surface area contributed by atoms with Crippen molar-refractivity contribution in [2.45, 2.75) is 19.9 Å². The molecule has 0 spiro atoms. The van der Waals surface area contributed by atoms with Crippen LogP contribution in [0.5, 0.6) is 0 Å². The number of benzene rings is 2. The van der Waals surface area contributed by atoms with E-state index in [9.17, 15) is 4.39 Å². The molecule has 0 saturated heterocycles. The van der Waals surface area contributed by atoms with Crippen LogP contribution < -0.4 is 0 Å². The Morgan fingerprint density at radius 1 is 1.08 bits per heavy atom. The molecule has 0 amide bonds. The van der Waals surface area contributed by atoms with Crippen molar-refractivity contribution in [1.29, 1.82) is 0 Å². The van der Waals surface area contributed by atoms with Gasteiger partial charge in [0, 0.05) is 36.8 Å². The molecular formula is C21H21FN2. The molecular weight excluding hydrogens is 299 g/mol. The molecule has 0 aliphatic carbocycles. The van der Waals surface area contributed by atoms with Gasteiger partial charge in [0.05, 0.1) is 5.52 Å². The van der Waals surface area contributed by atoms with E-state index in [1.165, 1.54) is 34.3 Å². The van der Waals surface area contributed by atoms with Crippen molar-refractivity contribution in [3.05, 3.63) is 71.2 Å². The fraction of sp³-hybridized carbons (Fsp3) is 0.238. The van der Waals surface area contributed by atoms with Crippen LogP contribution in [0.1, 0.15) is 23.7 Å². The largest absolute Gasteiger partial charge is 0.320 e. The minimum atomic E-state index is -0.196. The zero-order chi connectivity index (χ0) is 16.7. The van der Waals surface area contributed by atoms with Crippen LogP contribution in [0.25, 0.3) is 22.7 Å². The molecule has 0 saturated carbocycles. The van der Waals surface area contributed by atoms with E-state index >= 15 is 0 Å². The van der Waals surface area contributed by atoms with E-state index in [1.807, 2.05) is 12.1 Å². The van der Waals surface area contributed by atoms with Crippen molar-refractivity contribution in [2.24, 2.45) is 0 Å². The first-order chi connectivity index (χ1) is 11.6. The van der Waals surface area contributed by atoms with Crippen molar-refractivity contribution in [3.63, 3.8) is 0 Å². The molecule has 1 aromatic heterocycles. The molecule has 0 unspecified atom stereocenters. The molecule has 0 fully saturated rings. The first kappa shape index (κ1) is 15.2. The summed E-state index contributed by atoms with van der Waals surface area (Å²) in [4.78, 5) is 2.37. The molecule has 1 aliphatic rings. The summed E-state index contributed by atoms with van der Waals surface area (Å²) in [5.41, 5.74) is 6.27. The highest BCUT2D eigenvalue weighted by molar-refractivity contribution is 5.90. The van der Waals surface area contributed by atoms with Crippen LogP contribution in [-0.2, 0) is 13.0 Å². The normalized spacial score (nSPS) is 15.7. The average molecular weight is 320 g/mol. The van der Waals surface area contributed by atoms with Gasteiger partial charge in [0.15, 0.2) is 0 Å². The number of allylic oxidation sites excluding steroid dienone is 1. The van der Waals surface area contributed by atoms with Crippen molar-refractivity contribution < 1.29 is 4.39 Å². The number of para-hydroxylation sites is 1. The SMILES string of the molecule is C/C(=C\n1c2c(c3ccccc31)CN(C)CC2)c1ccc(F)cc1. The third-order valence-electron chi connectivity index (χ3n) is 4.91. The van der Waals surface area contributed by atoms with Gasteiger partial charge in [0.2, 0.25) is 0 Å². The predicted molar refractivity (Wildman–Crippen MR) is 98.2 cm³/mol. The van der Waals surface area contributed by atoms with E-state index in [0.717, 1.165) is 30.6 Å². The van der Waals surface area contributed by atoms with E-state index in [2.05, 4.69) is 53.9 Å². The monoisotopic (exact) mass is 320 g/mol. The van der Waals surface area contributed by atoms with Gasteiger partial charge < -0.3 is 9.47 Å². The molecule has 0 N–H and O–H groups in total. The molecule has 1 aliphatic heterocycles. The summed E-state index contributed by atoms with van der Waals surface area (Å²) in [6.45, 7) is 4.16. The smallest absolute Gasteiger partial charge is 0.123 e. The van der Waals surface area contributed by atoms with Crippen molar-refractivity contribution in [3.8, 4) is 0 Å². The van der Waals surface area contributed by atoms with Gasteiger partial charge in [-0.15, -0.1) is 0 Å².